The van der Waals surface area contributed by atoms with Crippen LogP contribution in [0.4, 0.5) is 0 Å². The van der Waals surface area contributed by atoms with Crippen LogP contribution >= 0.6 is 0 Å². The van der Waals surface area contributed by atoms with E-state index in [1.165, 1.54) is 0 Å². The predicted molar refractivity (Wildman–Crippen MR) is 98.8 cm³/mol. The number of hydrogen-bond donors (Lipinski definition) is 11. The maximum atomic E-state index is 12.1. The first-order valence-corrected chi connectivity index (χ1v) is 9.87. The molecule has 0 aromatic carbocycles. The molecule has 33 heavy (non-hydrogen) atoms. The summed E-state index contributed by atoms with van der Waals surface area (Å²) in [6, 6.07) is -1.60. The number of aliphatic carboxylic acids is 1. The third kappa shape index (κ3) is 5.76. The Hall–Kier alpha value is -1.54. The van der Waals surface area contributed by atoms with Crippen LogP contribution in [0.2, 0.25) is 0 Å². The number of hydrogen-bond acceptors (Lipinski definition) is 14. The highest BCUT2D eigenvalue weighted by atomic mass is 16.7. The Morgan fingerprint density at radius 1 is 1.09 bits per heavy atom. The van der Waals surface area contributed by atoms with Crippen LogP contribution in [-0.4, -0.2) is 150 Å². The van der Waals surface area contributed by atoms with Crippen LogP contribution in [0.15, 0.2) is 0 Å². The van der Waals surface area contributed by atoms with E-state index < -0.39 is 105 Å². The molecule has 0 bridgehead atoms. The molecular weight excluding hydrogens is 458 g/mol. The van der Waals surface area contributed by atoms with Gasteiger partial charge in [-0.2, -0.15) is 0 Å². The average molecular weight is 487 g/mol. The maximum Gasteiger partial charge on any atom is 0.364 e. The lowest BCUT2D eigenvalue weighted by molar-refractivity contribution is -0.366. The molecule has 0 radical (unpaired) electrons. The third-order valence-electron chi connectivity index (χ3n) is 5.45. The van der Waals surface area contributed by atoms with E-state index in [1.807, 2.05) is 0 Å². The van der Waals surface area contributed by atoms with E-state index in [2.05, 4.69) is 5.32 Å². The quantitative estimate of drug-likeness (QED) is 0.144. The molecule has 16 nitrogen and oxygen atoms in total. The van der Waals surface area contributed by atoms with Crippen molar-refractivity contribution in [3.05, 3.63) is 0 Å². The first-order chi connectivity index (χ1) is 15.4. The van der Waals surface area contributed by atoms with E-state index in [0.717, 1.165) is 0 Å². The van der Waals surface area contributed by atoms with Crippen molar-refractivity contribution >= 4 is 11.9 Å². The smallest absolute Gasteiger partial charge is 0.364 e. The molecule has 11 atom stereocenters. The Labute approximate surface area is 186 Å². The minimum Gasteiger partial charge on any atom is -0.477 e. The van der Waals surface area contributed by atoms with Gasteiger partial charge in [0.25, 0.3) is 5.79 Å². The number of ether oxygens (including phenoxy) is 3. The number of carbonyl (C=O) groups is 2. The van der Waals surface area contributed by atoms with Crippen LogP contribution in [0, 0.1) is 0 Å². The standard InChI is InChI=1S/C17H29NO15/c19-2-6(23)10(25)13-9(18-8(24)4-21)5(22)1-17(32-13,16(29)30)33-14-11(26)7(3-20)31-15(28)12(14)27/h5-7,9-15,19-23,25-28H,1-4H2,(H,18,24)(H,29,30)/t5-,6+,7+,9+,10+,11-,12+,13+,14-,15-,17?/m0/s1. The number of carboxylic acid groups (broad SMARTS) is 1. The lowest BCUT2D eigenvalue weighted by Crippen LogP contribution is -2.70. The van der Waals surface area contributed by atoms with Gasteiger partial charge in [-0.3, -0.25) is 4.79 Å². The number of carboxylic acids is 1. The van der Waals surface area contributed by atoms with Gasteiger partial charge in [0, 0.05) is 6.42 Å². The van der Waals surface area contributed by atoms with E-state index in [-0.39, 0.29) is 0 Å². The van der Waals surface area contributed by atoms with Crippen LogP contribution in [0.3, 0.4) is 0 Å². The molecule has 2 aliphatic heterocycles. The van der Waals surface area contributed by atoms with Gasteiger partial charge in [-0.1, -0.05) is 0 Å². The zero-order valence-electron chi connectivity index (χ0n) is 17.1. The summed E-state index contributed by atoms with van der Waals surface area (Å²) in [7, 11) is 0. The van der Waals surface area contributed by atoms with Gasteiger partial charge in [0.1, 0.15) is 49.3 Å². The summed E-state index contributed by atoms with van der Waals surface area (Å²) in [5.41, 5.74) is 0. The summed E-state index contributed by atoms with van der Waals surface area (Å²) < 4.78 is 15.4. The number of aliphatic hydroxyl groups is 9. The second-order valence-corrected chi connectivity index (χ2v) is 7.72. The van der Waals surface area contributed by atoms with Crippen molar-refractivity contribution in [3.63, 3.8) is 0 Å². The van der Waals surface area contributed by atoms with Crippen LogP contribution in [-0.2, 0) is 23.8 Å². The highest BCUT2D eigenvalue weighted by Gasteiger charge is 2.59. The van der Waals surface area contributed by atoms with Gasteiger partial charge in [0.2, 0.25) is 5.91 Å². The van der Waals surface area contributed by atoms with Gasteiger partial charge < -0.3 is 70.6 Å². The summed E-state index contributed by atoms with van der Waals surface area (Å²) in [4.78, 5) is 23.8. The second-order valence-electron chi connectivity index (χ2n) is 7.72. The van der Waals surface area contributed by atoms with Crippen LogP contribution in [0.5, 0.6) is 0 Å². The fourth-order valence-electron chi connectivity index (χ4n) is 3.67. The van der Waals surface area contributed by atoms with Crippen molar-refractivity contribution in [3.8, 4) is 0 Å². The van der Waals surface area contributed by atoms with E-state index in [9.17, 15) is 50.4 Å². The summed E-state index contributed by atoms with van der Waals surface area (Å²) in [6.45, 7) is -2.93. The first-order valence-electron chi connectivity index (χ1n) is 9.87. The van der Waals surface area contributed by atoms with Crippen molar-refractivity contribution in [2.45, 2.75) is 73.4 Å². The Balaban J connectivity index is 2.43. The molecule has 11 N–H and O–H groups in total. The predicted octanol–water partition coefficient (Wildman–Crippen LogP) is -7.08. The number of rotatable bonds is 9. The molecule has 2 saturated heterocycles. The summed E-state index contributed by atoms with van der Waals surface area (Å²) in [6.07, 6.45) is -18.2. The van der Waals surface area contributed by atoms with E-state index in [4.69, 9.17) is 24.4 Å². The minimum absolute atomic E-state index is 0.854. The van der Waals surface area contributed by atoms with Crippen molar-refractivity contribution in [1.29, 1.82) is 0 Å². The second kappa shape index (κ2) is 11.3. The van der Waals surface area contributed by atoms with Crippen LogP contribution in [0.25, 0.3) is 0 Å². The van der Waals surface area contributed by atoms with E-state index >= 15 is 0 Å². The van der Waals surface area contributed by atoms with Crippen molar-refractivity contribution in [2.75, 3.05) is 19.8 Å². The molecule has 0 aliphatic carbocycles. The van der Waals surface area contributed by atoms with Gasteiger partial charge in [-0.05, 0) is 0 Å². The van der Waals surface area contributed by atoms with Crippen molar-refractivity contribution in [2.24, 2.45) is 0 Å². The third-order valence-corrected chi connectivity index (χ3v) is 5.45. The molecule has 2 aliphatic rings. The number of amides is 1. The zero-order chi connectivity index (χ0) is 25.1. The van der Waals surface area contributed by atoms with Crippen molar-refractivity contribution in [1.82, 2.24) is 5.32 Å². The molecule has 0 aromatic rings. The largest absolute Gasteiger partial charge is 0.477 e. The number of nitrogens with one attached hydrogen (secondary N) is 1. The molecule has 1 amide bonds. The molecule has 0 spiro atoms. The van der Waals surface area contributed by atoms with Gasteiger partial charge in [-0.15, -0.1) is 0 Å². The van der Waals surface area contributed by atoms with E-state index in [1.54, 1.807) is 0 Å². The van der Waals surface area contributed by atoms with Gasteiger partial charge in [-0.25, -0.2) is 4.79 Å². The van der Waals surface area contributed by atoms with Crippen LogP contribution < -0.4 is 5.32 Å². The van der Waals surface area contributed by atoms with E-state index in [0.29, 0.717) is 0 Å². The van der Waals surface area contributed by atoms with Gasteiger partial charge >= 0.3 is 5.97 Å². The van der Waals surface area contributed by atoms with Crippen LogP contribution in [0.1, 0.15) is 6.42 Å². The summed E-state index contributed by atoms with van der Waals surface area (Å²) in [5, 5.41) is 100. The molecule has 1 unspecified atom stereocenters. The highest BCUT2D eigenvalue weighted by Crippen LogP contribution is 2.37. The lowest BCUT2D eigenvalue weighted by Gasteiger charge is -2.49. The van der Waals surface area contributed by atoms with Gasteiger partial charge in [0.05, 0.1) is 25.4 Å². The first kappa shape index (κ1) is 27.7. The lowest BCUT2D eigenvalue weighted by atomic mass is 9.88. The number of carbonyl (C=O) groups excluding carboxylic acids is 1. The van der Waals surface area contributed by atoms with Crippen molar-refractivity contribution < 1.29 is 74.9 Å². The minimum atomic E-state index is -2.93. The molecule has 2 heterocycles. The molecule has 2 fully saturated rings. The fourth-order valence-corrected chi connectivity index (χ4v) is 3.67. The molecule has 0 saturated carbocycles. The topological polar surface area (TPSA) is 276 Å². The molecule has 192 valence electrons. The Kier molecular flexibility index (Phi) is 9.45. The zero-order valence-corrected chi connectivity index (χ0v) is 17.1. The Morgan fingerprint density at radius 2 is 1.73 bits per heavy atom. The SMILES string of the molecule is O=C(CO)N[C@H]1[C@H]([C@H](O)[C@H](O)CO)OC(O[C@@H]2[C@@H](O)[C@@H](O)O[C@H](CO)[C@@H]2O)(C(=O)O)C[C@@H]1O. The molecular formula is C17H29NO15. The molecule has 0 aromatic heterocycles. The fraction of sp³-hybridized carbons (Fsp3) is 0.882. The Morgan fingerprint density at radius 3 is 2.24 bits per heavy atom. The van der Waals surface area contributed by atoms with Gasteiger partial charge in [0.15, 0.2) is 6.29 Å². The normalized spacial score (nSPS) is 41.2. The number of aliphatic hydroxyl groups excluding tert-OH is 9. The molecule has 16 heteroatoms. The summed E-state index contributed by atoms with van der Waals surface area (Å²) in [5.74, 6) is -5.90. The summed E-state index contributed by atoms with van der Waals surface area (Å²) >= 11 is 0. The molecule has 2 rings (SSSR count). The Bertz CT molecular complexity index is 681. The average Bonchev–Trinajstić information content (AvgIpc) is 2.79. The highest BCUT2D eigenvalue weighted by molar-refractivity contribution is 5.78. The monoisotopic (exact) mass is 487 g/mol. The maximum absolute atomic E-state index is 12.1.